The van der Waals surface area contributed by atoms with Gasteiger partial charge in [0.1, 0.15) is 0 Å². The molecule has 6 aliphatic rings. The number of aliphatic hydroxyl groups is 2. The number of rotatable bonds is 9. The van der Waals surface area contributed by atoms with Gasteiger partial charge in [0.15, 0.2) is 11.6 Å². The SMILES string of the molecule is CO[C@@H]1C[C@@H](C[C@H]2CC[C@H](C)[C@H]([C@@H](C)C(=O)O)O2)O[C@]2(O[C@@](C)([C@H]3CC[C@@](C)([C@H]4O[C@@H]([C@H]5O[C@@](O)(CO)[C@H](C)C[C@@H]5C)C[C@@H]4C)O3)C[C@H]2C)[C@@H]1C. The van der Waals surface area contributed by atoms with Crippen molar-refractivity contribution in [3.05, 3.63) is 0 Å². The Kier molecular flexibility index (Phi) is 11.4. The van der Waals surface area contributed by atoms with Gasteiger partial charge in [-0.1, -0.05) is 41.5 Å². The fraction of sp³-hybridized carbons (Fsp3) is 0.975. The topological polar surface area (TPSA) is 142 Å². The number of ether oxygens (including phenoxy) is 7. The molecular formula is C40H68O11. The zero-order chi connectivity index (χ0) is 37.3. The molecule has 3 N–H and O–H groups in total. The molecule has 0 radical (unpaired) electrons. The Bertz CT molecular complexity index is 1230. The van der Waals surface area contributed by atoms with Crippen LogP contribution in [0.2, 0.25) is 0 Å². The van der Waals surface area contributed by atoms with E-state index in [1.807, 2.05) is 6.92 Å². The zero-order valence-electron chi connectivity index (χ0n) is 32.8. The van der Waals surface area contributed by atoms with Gasteiger partial charge in [0.05, 0.1) is 72.6 Å². The number of hydrogen-bond donors (Lipinski definition) is 3. The fourth-order valence-electron chi connectivity index (χ4n) is 11.3. The Hall–Kier alpha value is -0.890. The Morgan fingerprint density at radius 3 is 2.25 bits per heavy atom. The van der Waals surface area contributed by atoms with E-state index >= 15 is 0 Å². The summed E-state index contributed by atoms with van der Waals surface area (Å²) < 4.78 is 47.0. The van der Waals surface area contributed by atoms with Crippen LogP contribution in [0.25, 0.3) is 0 Å². The first-order chi connectivity index (χ1) is 23.9. The van der Waals surface area contributed by atoms with Crippen LogP contribution in [0.4, 0.5) is 0 Å². The van der Waals surface area contributed by atoms with Gasteiger partial charge in [-0.15, -0.1) is 0 Å². The van der Waals surface area contributed by atoms with Gasteiger partial charge in [-0.3, -0.25) is 4.79 Å². The summed E-state index contributed by atoms with van der Waals surface area (Å²) in [5.41, 5.74) is -1.10. The lowest BCUT2D eigenvalue weighted by Gasteiger charge is -2.50. The van der Waals surface area contributed by atoms with E-state index in [0.717, 1.165) is 51.4 Å². The lowest BCUT2D eigenvalue weighted by molar-refractivity contribution is -0.353. The molecule has 0 bridgehead atoms. The molecule has 0 aromatic heterocycles. The Morgan fingerprint density at radius 2 is 1.59 bits per heavy atom. The molecule has 294 valence electrons. The molecule has 0 unspecified atom stereocenters. The maximum absolute atomic E-state index is 11.8. The highest BCUT2D eigenvalue weighted by molar-refractivity contribution is 5.70. The van der Waals surface area contributed by atoms with Crippen molar-refractivity contribution < 1.29 is 53.3 Å². The Balaban J connectivity index is 1.13. The zero-order valence-corrected chi connectivity index (χ0v) is 32.8. The summed E-state index contributed by atoms with van der Waals surface area (Å²) in [6.45, 7) is 18.4. The van der Waals surface area contributed by atoms with Crippen LogP contribution in [-0.2, 0) is 38.0 Å². The Labute approximate surface area is 305 Å². The molecule has 11 heteroatoms. The van der Waals surface area contributed by atoms with Crippen molar-refractivity contribution in [2.24, 2.45) is 41.4 Å². The Morgan fingerprint density at radius 1 is 0.863 bits per heavy atom. The van der Waals surface area contributed by atoms with Crippen LogP contribution in [0.5, 0.6) is 0 Å². The van der Waals surface area contributed by atoms with Gasteiger partial charge >= 0.3 is 5.97 Å². The maximum atomic E-state index is 11.8. The van der Waals surface area contributed by atoms with Crippen molar-refractivity contribution in [3.63, 3.8) is 0 Å². The van der Waals surface area contributed by atoms with Gasteiger partial charge in [0.25, 0.3) is 0 Å². The van der Waals surface area contributed by atoms with E-state index in [2.05, 4.69) is 48.5 Å². The summed E-state index contributed by atoms with van der Waals surface area (Å²) in [4.78, 5) is 11.8. The molecule has 51 heavy (non-hydrogen) atoms. The highest BCUT2D eigenvalue weighted by Gasteiger charge is 2.65. The van der Waals surface area contributed by atoms with E-state index in [0.29, 0.717) is 6.42 Å². The number of aliphatic hydroxyl groups excluding tert-OH is 1. The first kappa shape index (κ1) is 39.8. The molecule has 11 nitrogen and oxygen atoms in total. The lowest BCUT2D eigenvalue weighted by atomic mass is 9.78. The predicted octanol–water partition coefficient (Wildman–Crippen LogP) is 5.71. The van der Waals surface area contributed by atoms with Gasteiger partial charge in [0.2, 0.25) is 0 Å². The van der Waals surface area contributed by atoms with Gasteiger partial charge in [-0.05, 0) is 83.5 Å². The van der Waals surface area contributed by atoms with Crippen molar-refractivity contribution in [2.75, 3.05) is 13.7 Å². The third-order valence-corrected chi connectivity index (χ3v) is 14.4. The molecule has 6 saturated heterocycles. The van der Waals surface area contributed by atoms with Crippen molar-refractivity contribution in [1.82, 2.24) is 0 Å². The van der Waals surface area contributed by atoms with Crippen LogP contribution in [0.1, 0.15) is 120 Å². The second-order valence-corrected chi connectivity index (χ2v) is 18.4. The first-order valence-corrected chi connectivity index (χ1v) is 20.0. The third kappa shape index (κ3) is 7.19. The number of methoxy groups -OCH3 is 1. The second kappa shape index (κ2) is 14.6. The summed E-state index contributed by atoms with van der Waals surface area (Å²) >= 11 is 0. The fourth-order valence-corrected chi connectivity index (χ4v) is 11.3. The van der Waals surface area contributed by atoms with Crippen molar-refractivity contribution >= 4 is 5.97 Å². The number of carboxylic acid groups (broad SMARTS) is 1. The van der Waals surface area contributed by atoms with Crippen LogP contribution >= 0.6 is 0 Å². The monoisotopic (exact) mass is 724 g/mol. The summed E-state index contributed by atoms with van der Waals surface area (Å²) in [7, 11) is 1.77. The van der Waals surface area contributed by atoms with E-state index in [9.17, 15) is 20.1 Å². The smallest absolute Gasteiger partial charge is 0.308 e. The maximum Gasteiger partial charge on any atom is 0.308 e. The van der Waals surface area contributed by atoms with Gasteiger partial charge in [0, 0.05) is 37.7 Å². The van der Waals surface area contributed by atoms with Gasteiger partial charge < -0.3 is 48.5 Å². The summed E-state index contributed by atoms with van der Waals surface area (Å²) in [5, 5.41) is 30.7. The second-order valence-electron chi connectivity index (χ2n) is 18.4. The van der Waals surface area contributed by atoms with E-state index in [-0.39, 0.29) is 84.3 Å². The van der Waals surface area contributed by atoms with Crippen LogP contribution in [0.3, 0.4) is 0 Å². The van der Waals surface area contributed by atoms with Crippen molar-refractivity contribution in [3.8, 4) is 0 Å². The molecule has 6 aliphatic heterocycles. The average molecular weight is 725 g/mol. The van der Waals surface area contributed by atoms with E-state index < -0.39 is 41.3 Å². The molecule has 6 fully saturated rings. The number of carboxylic acids is 1. The summed E-state index contributed by atoms with van der Waals surface area (Å²) in [6.07, 6.45) is 5.85. The molecular weight excluding hydrogens is 656 g/mol. The molecule has 19 atom stereocenters. The van der Waals surface area contributed by atoms with E-state index in [4.69, 9.17) is 33.2 Å². The number of hydrogen-bond acceptors (Lipinski definition) is 10. The van der Waals surface area contributed by atoms with E-state index in [1.165, 1.54) is 0 Å². The molecule has 6 heterocycles. The minimum absolute atomic E-state index is 0.00727. The average Bonchev–Trinajstić information content (AvgIpc) is 3.75. The molecule has 0 saturated carbocycles. The standard InChI is InChI=1S/C40H68O11/c1-21-11-12-28(46-33(21)26(6)36(42)43)17-29-18-30(45-10)27(7)40(48-29)25(5)19-38(9,51-40)32-13-14-37(8,49-32)35-23(3)16-31(47-35)34-22(2)15-24(4)39(44,20-41)50-34/h21-35,41,44H,11-20H2,1-10H3,(H,42,43)/t21-,22-,23-,24+,25+,26+,27+,28+,29+,30+,31+,32+,33+,34-,35-,37-,38+,39-,40+/m0/s1. The number of carbonyl (C=O) groups is 1. The van der Waals surface area contributed by atoms with Crippen molar-refractivity contribution in [1.29, 1.82) is 0 Å². The third-order valence-electron chi connectivity index (χ3n) is 14.4. The minimum Gasteiger partial charge on any atom is -0.481 e. The predicted molar refractivity (Wildman–Crippen MR) is 189 cm³/mol. The van der Waals surface area contributed by atoms with Crippen LogP contribution in [0, 0.1) is 41.4 Å². The van der Waals surface area contributed by atoms with Crippen molar-refractivity contribution in [2.45, 2.75) is 192 Å². The number of aliphatic carboxylic acids is 1. The van der Waals surface area contributed by atoms with Gasteiger partial charge in [-0.2, -0.15) is 0 Å². The van der Waals surface area contributed by atoms with Crippen LogP contribution in [-0.4, -0.2) is 107 Å². The van der Waals surface area contributed by atoms with Crippen LogP contribution < -0.4 is 0 Å². The summed E-state index contributed by atoms with van der Waals surface area (Å²) in [5.74, 6) is -3.26. The quantitative estimate of drug-likeness (QED) is 0.269. The lowest BCUT2D eigenvalue weighted by Crippen LogP contribution is -2.58. The first-order valence-electron chi connectivity index (χ1n) is 20.0. The highest BCUT2D eigenvalue weighted by atomic mass is 16.7. The normalized spacial score (nSPS) is 54.2. The van der Waals surface area contributed by atoms with Gasteiger partial charge in [-0.25, -0.2) is 0 Å². The summed E-state index contributed by atoms with van der Waals surface area (Å²) in [6, 6.07) is 0. The molecule has 6 rings (SSSR count). The molecule has 1 spiro atoms. The minimum atomic E-state index is -1.55. The van der Waals surface area contributed by atoms with E-state index in [1.54, 1.807) is 14.0 Å². The van der Waals surface area contributed by atoms with Crippen LogP contribution in [0.15, 0.2) is 0 Å². The molecule has 0 aromatic rings. The molecule has 0 aromatic carbocycles. The largest absolute Gasteiger partial charge is 0.481 e. The molecule has 0 amide bonds. The molecule has 0 aliphatic carbocycles. The highest BCUT2D eigenvalue weighted by Crippen LogP contribution is 2.57.